The van der Waals surface area contributed by atoms with E-state index in [1.807, 2.05) is 17.0 Å². The van der Waals surface area contributed by atoms with Crippen LogP contribution in [0.25, 0.3) is 0 Å². The number of carbonyl (C=O) groups is 1. The zero-order valence-electron chi connectivity index (χ0n) is 16.0. The van der Waals surface area contributed by atoms with Gasteiger partial charge < -0.3 is 15.0 Å². The normalized spacial score (nSPS) is 16.1. The van der Waals surface area contributed by atoms with Crippen molar-refractivity contribution in [1.82, 2.24) is 10.2 Å². The van der Waals surface area contributed by atoms with Gasteiger partial charge in [-0.1, -0.05) is 13.8 Å². The van der Waals surface area contributed by atoms with Gasteiger partial charge in [0.1, 0.15) is 5.75 Å². The SMILES string of the molecule is CCC(CCC(C)COc1ccc(C#N)cc1)NCC(=O)N1CCCC1. The Hall–Kier alpha value is -2.06. The van der Waals surface area contributed by atoms with Crippen molar-refractivity contribution in [2.45, 2.75) is 52.0 Å². The largest absolute Gasteiger partial charge is 0.493 e. The van der Waals surface area contributed by atoms with E-state index in [-0.39, 0.29) is 5.91 Å². The second-order valence-electron chi connectivity index (χ2n) is 7.20. The molecule has 1 heterocycles. The number of likely N-dealkylation sites (tertiary alicyclic amines) is 1. The van der Waals surface area contributed by atoms with Crippen LogP contribution >= 0.6 is 0 Å². The molecule has 5 heteroatoms. The molecule has 1 amide bonds. The topological polar surface area (TPSA) is 65.4 Å². The third-order valence-electron chi connectivity index (χ3n) is 5.02. The van der Waals surface area contributed by atoms with Gasteiger partial charge >= 0.3 is 0 Å². The third-order valence-corrected chi connectivity index (χ3v) is 5.02. The number of nitrogens with one attached hydrogen (secondary N) is 1. The predicted octanol–water partition coefficient (Wildman–Crippen LogP) is 3.34. The van der Waals surface area contributed by atoms with Gasteiger partial charge in [0.05, 0.1) is 24.8 Å². The molecule has 1 aliphatic heterocycles. The van der Waals surface area contributed by atoms with E-state index in [1.165, 1.54) is 0 Å². The number of hydrogen-bond acceptors (Lipinski definition) is 4. The van der Waals surface area contributed by atoms with Gasteiger partial charge in [-0.25, -0.2) is 0 Å². The van der Waals surface area contributed by atoms with Crippen LogP contribution < -0.4 is 10.1 Å². The summed E-state index contributed by atoms with van der Waals surface area (Å²) < 4.78 is 5.81. The molecular formula is C21H31N3O2. The van der Waals surface area contributed by atoms with E-state index < -0.39 is 0 Å². The molecule has 0 saturated carbocycles. The lowest BCUT2D eigenvalue weighted by molar-refractivity contribution is -0.129. The Balaban J connectivity index is 1.64. The van der Waals surface area contributed by atoms with Crippen LogP contribution in [0.2, 0.25) is 0 Å². The molecular weight excluding hydrogens is 326 g/mol. The molecule has 0 aliphatic carbocycles. The smallest absolute Gasteiger partial charge is 0.236 e. The lowest BCUT2D eigenvalue weighted by atomic mass is 10.0. The molecule has 5 nitrogen and oxygen atoms in total. The van der Waals surface area contributed by atoms with E-state index in [4.69, 9.17) is 10.00 Å². The van der Waals surface area contributed by atoms with Gasteiger partial charge in [0.25, 0.3) is 0 Å². The predicted molar refractivity (Wildman–Crippen MR) is 103 cm³/mol. The zero-order valence-corrected chi connectivity index (χ0v) is 16.0. The summed E-state index contributed by atoms with van der Waals surface area (Å²) in [4.78, 5) is 14.1. The summed E-state index contributed by atoms with van der Waals surface area (Å²) in [5.41, 5.74) is 0.644. The lowest BCUT2D eigenvalue weighted by Gasteiger charge is -2.21. The molecule has 1 saturated heterocycles. The minimum atomic E-state index is 0.234. The van der Waals surface area contributed by atoms with Crippen molar-refractivity contribution < 1.29 is 9.53 Å². The number of hydrogen-bond donors (Lipinski definition) is 1. The van der Waals surface area contributed by atoms with Crippen molar-refractivity contribution in [2.24, 2.45) is 5.92 Å². The van der Waals surface area contributed by atoms with E-state index in [1.54, 1.807) is 12.1 Å². The molecule has 1 aromatic rings. The quantitative estimate of drug-likeness (QED) is 0.697. The molecule has 1 fully saturated rings. The molecule has 26 heavy (non-hydrogen) atoms. The standard InChI is InChI=1S/C21H31N3O2/c1-3-19(23-15-21(25)24-12-4-5-13-24)9-6-17(2)16-26-20-10-7-18(14-22)8-11-20/h7-8,10-11,17,19,23H,3-6,9,12-13,15-16H2,1-2H3. The highest BCUT2D eigenvalue weighted by Gasteiger charge is 2.18. The van der Waals surface area contributed by atoms with E-state index >= 15 is 0 Å². The van der Waals surface area contributed by atoms with Crippen molar-refractivity contribution in [2.75, 3.05) is 26.2 Å². The van der Waals surface area contributed by atoms with Gasteiger partial charge in [0, 0.05) is 19.1 Å². The van der Waals surface area contributed by atoms with Crippen LogP contribution in [0.15, 0.2) is 24.3 Å². The highest BCUT2D eigenvalue weighted by atomic mass is 16.5. The van der Waals surface area contributed by atoms with E-state index in [0.29, 0.717) is 30.7 Å². The monoisotopic (exact) mass is 357 g/mol. The van der Waals surface area contributed by atoms with Crippen molar-refractivity contribution in [3.05, 3.63) is 29.8 Å². The highest BCUT2D eigenvalue weighted by molar-refractivity contribution is 5.78. The first-order valence-electron chi connectivity index (χ1n) is 9.76. The van der Waals surface area contributed by atoms with Crippen molar-refractivity contribution in [3.63, 3.8) is 0 Å². The van der Waals surface area contributed by atoms with E-state index in [0.717, 1.165) is 50.9 Å². The van der Waals surface area contributed by atoms with E-state index in [2.05, 4.69) is 25.2 Å². The molecule has 0 spiro atoms. The Labute approximate surface area is 157 Å². The zero-order chi connectivity index (χ0) is 18.8. The molecule has 0 bridgehead atoms. The first-order valence-corrected chi connectivity index (χ1v) is 9.76. The number of nitrogens with zero attached hydrogens (tertiary/aromatic N) is 2. The lowest BCUT2D eigenvalue weighted by Crippen LogP contribution is -2.40. The molecule has 2 atom stereocenters. The van der Waals surface area contributed by atoms with Crippen LogP contribution in [0.5, 0.6) is 5.75 Å². The highest BCUT2D eigenvalue weighted by Crippen LogP contribution is 2.16. The minimum Gasteiger partial charge on any atom is -0.493 e. The number of benzene rings is 1. The molecule has 0 aromatic heterocycles. The van der Waals surface area contributed by atoms with Gasteiger partial charge in [-0.15, -0.1) is 0 Å². The number of ether oxygens (including phenoxy) is 1. The first-order chi connectivity index (χ1) is 12.6. The second kappa shape index (κ2) is 10.8. The Morgan fingerprint density at radius 3 is 2.58 bits per heavy atom. The maximum Gasteiger partial charge on any atom is 0.236 e. The van der Waals surface area contributed by atoms with Gasteiger partial charge in [-0.3, -0.25) is 4.79 Å². The summed E-state index contributed by atoms with van der Waals surface area (Å²) >= 11 is 0. The van der Waals surface area contributed by atoms with Crippen molar-refractivity contribution in [3.8, 4) is 11.8 Å². The van der Waals surface area contributed by atoms with Crippen LogP contribution in [-0.2, 0) is 4.79 Å². The number of rotatable bonds is 10. The fourth-order valence-corrected chi connectivity index (χ4v) is 3.19. The molecule has 2 unspecified atom stereocenters. The van der Waals surface area contributed by atoms with E-state index in [9.17, 15) is 4.79 Å². The van der Waals surface area contributed by atoms with Crippen LogP contribution in [-0.4, -0.2) is 43.1 Å². The Morgan fingerprint density at radius 1 is 1.27 bits per heavy atom. The van der Waals surface area contributed by atoms with Crippen LogP contribution in [0.1, 0.15) is 51.5 Å². The molecule has 1 N–H and O–H groups in total. The second-order valence-corrected chi connectivity index (χ2v) is 7.20. The van der Waals surface area contributed by atoms with Crippen molar-refractivity contribution >= 4 is 5.91 Å². The summed E-state index contributed by atoms with van der Waals surface area (Å²) in [6.45, 7) is 7.30. The van der Waals surface area contributed by atoms with Gasteiger partial charge in [0.2, 0.25) is 5.91 Å². The summed E-state index contributed by atoms with van der Waals surface area (Å²) in [5.74, 6) is 1.48. The molecule has 142 valence electrons. The Kier molecular flexibility index (Phi) is 8.43. The van der Waals surface area contributed by atoms with Crippen LogP contribution in [0.4, 0.5) is 0 Å². The molecule has 0 radical (unpaired) electrons. The third kappa shape index (κ3) is 6.68. The number of nitriles is 1. The first kappa shape index (κ1) is 20.3. The minimum absolute atomic E-state index is 0.234. The molecule has 2 rings (SSSR count). The van der Waals surface area contributed by atoms with Crippen molar-refractivity contribution in [1.29, 1.82) is 5.26 Å². The van der Waals surface area contributed by atoms with Gasteiger partial charge in [-0.05, 0) is 62.3 Å². The Morgan fingerprint density at radius 2 is 1.96 bits per heavy atom. The fourth-order valence-electron chi connectivity index (χ4n) is 3.19. The summed E-state index contributed by atoms with van der Waals surface area (Å²) in [6.07, 6.45) is 5.40. The summed E-state index contributed by atoms with van der Waals surface area (Å²) in [7, 11) is 0. The van der Waals surface area contributed by atoms with Crippen LogP contribution in [0.3, 0.4) is 0 Å². The maximum absolute atomic E-state index is 12.1. The van der Waals surface area contributed by atoms with Crippen LogP contribution in [0, 0.1) is 17.2 Å². The Bertz CT molecular complexity index is 588. The summed E-state index contributed by atoms with van der Waals surface area (Å²) in [6, 6.07) is 9.70. The average Bonchev–Trinajstić information content (AvgIpc) is 3.21. The number of carbonyl (C=O) groups excluding carboxylic acids is 1. The molecule has 1 aromatic carbocycles. The summed E-state index contributed by atoms with van der Waals surface area (Å²) in [5, 5.41) is 12.2. The van der Waals surface area contributed by atoms with Gasteiger partial charge in [-0.2, -0.15) is 5.26 Å². The molecule has 1 aliphatic rings. The van der Waals surface area contributed by atoms with Gasteiger partial charge in [0.15, 0.2) is 0 Å². The fraction of sp³-hybridized carbons (Fsp3) is 0.619. The number of amides is 1. The average molecular weight is 357 g/mol. The maximum atomic E-state index is 12.1.